The molecule has 1 aliphatic carbocycles. The summed E-state index contributed by atoms with van der Waals surface area (Å²) in [7, 11) is 0. The van der Waals surface area contributed by atoms with Crippen molar-refractivity contribution in [1.29, 1.82) is 0 Å². The SMILES string of the molecule is Cc1cccnc1CC(=O)N1CCC2(O)CCCCC2C1. The molecule has 0 bridgehead atoms. The van der Waals surface area contributed by atoms with E-state index in [1.807, 2.05) is 24.0 Å². The van der Waals surface area contributed by atoms with Crippen LogP contribution in [0.4, 0.5) is 0 Å². The first-order chi connectivity index (χ1) is 10.1. The van der Waals surface area contributed by atoms with Crippen molar-refractivity contribution < 1.29 is 9.90 Å². The first kappa shape index (κ1) is 14.5. The van der Waals surface area contributed by atoms with Crippen LogP contribution in [0.3, 0.4) is 0 Å². The van der Waals surface area contributed by atoms with Crippen LogP contribution < -0.4 is 0 Å². The standard InChI is InChI=1S/C17H24N2O2/c1-13-5-4-9-18-15(13)11-16(20)19-10-8-17(21)7-3-2-6-14(17)12-19/h4-5,9,14,21H,2-3,6-8,10-12H2,1H3. The molecule has 0 aromatic carbocycles. The van der Waals surface area contributed by atoms with E-state index in [0.29, 0.717) is 19.5 Å². The number of fused-ring (bicyclic) bond motifs is 1. The average Bonchev–Trinajstić information content (AvgIpc) is 2.48. The Morgan fingerprint density at radius 3 is 3.14 bits per heavy atom. The van der Waals surface area contributed by atoms with Crippen molar-refractivity contribution in [3.05, 3.63) is 29.6 Å². The summed E-state index contributed by atoms with van der Waals surface area (Å²) in [5.74, 6) is 0.401. The number of aliphatic hydroxyl groups is 1. The lowest BCUT2D eigenvalue weighted by atomic mass is 9.71. The molecule has 1 amide bonds. The van der Waals surface area contributed by atoms with E-state index in [-0.39, 0.29) is 11.8 Å². The van der Waals surface area contributed by atoms with E-state index in [1.165, 1.54) is 6.42 Å². The van der Waals surface area contributed by atoms with E-state index in [2.05, 4.69) is 4.98 Å². The van der Waals surface area contributed by atoms with Crippen LogP contribution in [0.5, 0.6) is 0 Å². The second-order valence-corrected chi connectivity index (χ2v) is 6.58. The predicted octanol–water partition coefficient (Wildman–Crippen LogP) is 2.09. The molecule has 4 heteroatoms. The minimum absolute atomic E-state index is 0.143. The largest absolute Gasteiger partial charge is 0.389 e. The Morgan fingerprint density at radius 2 is 2.33 bits per heavy atom. The van der Waals surface area contributed by atoms with Gasteiger partial charge in [-0.3, -0.25) is 9.78 Å². The molecule has 1 saturated carbocycles. The maximum Gasteiger partial charge on any atom is 0.228 e. The zero-order valence-corrected chi connectivity index (χ0v) is 12.7. The highest BCUT2D eigenvalue weighted by atomic mass is 16.3. The molecular formula is C17H24N2O2. The molecule has 1 aromatic rings. The number of piperidine rings is 1. The smallest absolute Gasteiger partial charge is 0.228 e. The molecule has 4 nitrogen and oxygen atoms in total. The average molecular weight is 288 g/mol. The molecule has 2 unspecified atom stereocenters. The van der Waals surface area contributed by atoms with Crippen LogP contribution in [0.2, 0.25) is 0 Å². The predicted molar refractivity (Wildman–Crippen MR) is 80.8 cm³/mol. The Bertz CT molecular complexity index is 531. The number of nitrogens with zero attached hydrogens (tertiary/aromatic N) is 2. The molecule has 1 saturated heterocycles. The quantitative estimate of drug-likeness (QED) is 0.906. The number of carbonyl (C=O) groups is 1. The summed E-state index contributed by atoms with van der Waals surface area (Å²) < 4.78 is 0. The fourth-order valence-corrected chi connectivity index (χ4v) is 3.76. The van der Waals surface area contributed by atoms with E-state index in [4.69, 9.17) is 0 Å². The number of likely N-dealkylation sites (tertiary alicyclic amines) is 1. The Labute approximate surface area is 126 Å². The molecule has 114 valence electrons. The van der Waals surface area contributed by atoms with Gasteiger partial charge in [0, 0.05) is 25.2 Å². The van der Waals surface area contributed by atoms with Crippen molar-refractivity contribution in [3.8, 4) is 0 Å². The maximum absolute atomic E-state index is 12.5. The summed E-state index contributed by atoms with van der Waals surface area (Å²) in [6.07, 6.45) is 7.08. The Kier molecular flexibility index (Phi) is 3.98. The lowest BCUT2D eigenvalue weighted by Gasteiger charge is -2.47. The van der Waals surface area contributed by atoms with Crippen LogP contribution >= 0.6 is 0 Å². The summed E-state index contributed by atoms with van der Waals surface area (Å²) in [6, 6.07) is 3.89. The van der Waals surface area contributed by atoms with Crippen molar-refractivity contribution in [2.75, 3.05) is 13.1 Å². The molecule has 2 atom stereocenters. The van der Waals surface area contributed by atoms with Gasteiger partial charge < -0.3 is 10.0 Å². The summed E-state index contributed by atoms with van der Waals surface area (Å²) in [6.45, 7) is 3.38. The first-order valence-electron chi connectivity index (χ1n) is 7.99. The van der Waals surface area contributed by atoms with Crippen LogP contribution in [0, 0.1) is 12.8 Å². The minimum Gasteiger partial charge on any atom is -0.389 e. The van der Waals surface area contributed by atoms with Gasteiger partial charge in [-0.05, 0) is 37.8 Å². The minimum atomic E-state index is -0.518. The summed E-state index contributed by atoms with van der Waals surface area (Å²) in [4.78, 5) is 18.7. The molecule has 2 aliphatic rings. The van der Waals surface area contributed by atoms with Crippen molar-refractivity contribution in [3.63, 3.8) is 0 Å². The molecular weight excluding hydrogens is 264 g/mol. The lowest BCUT2D eigenvalue weighted by Crippen LogP contribution is -2.54. The number of rotatable bonds is 2. The molecule has 2 fully saturated rings. The van der Waals surface area contributed by atoms with Gasteiger partial charge in [-0.25, -0.2) is 0 Å². The number of aryl methyl sites for hydroxylation is 1. The molecule has 3 rings (SSSR count). The van der Waals surface area contributed by atoms with Crippen LogP contribution in [0.15, 0.2) is 18.3 Å². The van der Waals surface area contributed by atoms with Gasteiger partial charge in [-0.15, -0.1) is 0 Å². The third kappa shape index (κ3) is 2.95. The zero-order valence-electron chi connectivity index (χ0n) is 12.7. The highest BCUT2D eigenvalue weighted by Gasteiger charge is 2.43. The Morgan fingerprint density at radius 1 is 1.48 bits per heavy atom. The first-order valence-corrected chi connectivity index (χ1v) is 7.99. The van der Waals surface area contributed by atoms with Gasteiger partial charge >= 0.3 is 0 Å². The molecule has 1 N–H and O–H groups in total. The van der Waals surface area contributed by atoms with Gasteiger partial charge in [0.1, 0.15) is 0 Å². The molecule has 21 heavy (non-hydrogen) atoms. The number of carbonyl (C=O) groups excluding carboxylic acids is 1. The van der Waals surface area contributed by atoms with Crippen molar-refractivity contribution in [1.82, 2.24) is 9.88 Å². The fraction of sp³-hybridized carbons (Fsp3) is 0.647. The van der Waals surface area contributed by atoms with Crippen LogP contribution in [0.25, 0.3) is 0 Å². The molecule has 1 aliphatic heterocycles. The van der Waals surface area contributed by atoms with Gasteiger partial charge in [0.05, 0.1) is 17.7 Å². The van der Waals surface area contributed by atoms with Crippen LogP contribution in [0.1, 0.15) is 43.4 Å². The monoisotopic (exact) mass is 288 g/mol. The Hall–Kier alpha value is -1.42. The Balaban J connectivity index is 1.65. The number of hydrogen-bond acceptors (Lipinski definition) is 3. The topological polar surface area (TPSA) is 53.4 Å². The fourth-order valence-electron chi connectivity index (χ4n) is 3.76. The highest BCUT2D eigenvalue weighted by Crippen LogP contribution is 2.39. The maximum atomic E-state index is 12.5. The molecule has 2 heterocycles. The zero-order chi connectivity index (χ0) is 14.9. The normalized spacial score (nSPS) is 29.0. The number of pyridine rings is 1. The van der Waals surface area contributed by atoms with Gasteiger partial charge in [0.25, 0.3) is 0 Å². The summed E-state index contributed by atoms with van der Waals surface area (Å²) >= 11 is 0. The molecule has 1 aromatic heterocycles. The third-order valence-electron chi connectivity index (χ3n) is 5.22. The van der Waals surface area contributed by atoms with Crippen molar-refractivity contribution in [2.24, 2.45) is 5.92 Å². The van der Waals surface area contributed by atoms with Crippen molar-refractivity contribution >= 4 is 5.91 Å². The second kappa shape index (κ2) is 5.76. The lowest BCUT2D eigenvalue weighted by molar-refractivity contribution is -0.142. The number of aromatic nitrogens is 1. The third-order valence-corrected chi connectivity index (χ3v) is 5.22. The molecule has 0 spiro atoms. The van der Waals surface area contributed by atoms with Crippen LogP contribution in [-0.2, 0) is 11.2 Å². The van der Waals surface area contributed by atoms with Crippen LogP contribution in [-0.4, -0.2) is 39.6 Å². The summed E-state index contributed by atoms with van der Waals surface area (Å²) in [5, 5.41) is 10.7. The van der Waals surface area contributed by atoms with Gasteiger partial charge in [-0.1, -0.05) is 18.9 Å². The van der Waals surface area contributed by atoms with E-state index in [1.54, 1.807) is 6.20 Å². The number of amides is 1. The van der Waals surface area contributed by atoms with Gasteiger partial charge in [-0.2, -0.15) is 0 Å². The second-order valence-electron chi connectivity index (χ2n) is 6.58. The molecule has 0 radical (unpaired) electrons. The van der Waals surface area contributed by atoms with E-state index >= 15 is 0 Å². The van der Waals surface area contributed by atoms with E-state index in [9.17, 15) is 9.90 Å². The van der Waals surface area contributed by atoms with E-state index < -0.39 is 5.60 Å². The van der Waals surface area contributed by atoms with Gasteiger partial charge in [0.2, 0.25) is 5.91 Å². The van der Waals surface area contributed by atoms with Crippen molar-refractivity contribution in [2.45, 2.75) is 51.0 Å². The highest BCUT2D eigenvalue weighted by molar-refractivity contribution is 5.78. The number of hydrogen-bond donors (Lipinski definition) is 1. The van der Waals surface area contributed by atoms with Gasteiger partial charge in [0.15, 0.2) is 0 Å². The van der Waals surface area contributed by atoms with E-state index in [0.717, 1.165) is 36.9 Å². The summed E-state index contributed by atoms with van der Waals surface area (Å²) in [5.41, 5.74) is 1.42.